The lowest BCUT2D eigenvalue weighted by Gasteiger charge is -2.45. The van der Waals surface area contributed by atoms with Crippen LogP contribution in [0.5, 0.6) is 0 Å². The number of halogens is 3. The molecule has 11 heteroatoms. The monoisotopic (exact) mass is 464 g/mol. The molecule has 168 valence electrons. The summed E-state index contributed by atoms with van der Waals surface area (Å²) < 4.78 is 75.8. The fourth-order valence-electron chi connectivity index (χ4n) is 4.29. The Morgan fingerprint density at radius 3 is 2.50 bits per heavy atom. The molecule has 2 aliphatic heterocycles. The number of rotatable bonds is 3. The molecule has 2 aliphatic rings. The zero-order valence-corrected chi connectivity index (χ0v) is 17.6. The lowest BCUT2D eigenvalue weighted by Crippen LogP contribution is -2.62. The highest BCUT2D eigenvalue weighted by Crippen LogP contribution is 2.40. The Balaban J connectivity index is 1.42. The third-order valence-corrected chi connectivity index (χ3v) is 7.85. The molecule has 0 bridgehead atoms. The summed E-state index contributed by atoms with van der Waals surface area (Å²) in [6, 6.07) is 9.75. The van der Waals surface area contributed by atoms with Gasteiger partial charge in [-0.15, -0.1) is 0 Å². The van der Waals surface area contributed by atoms with Gasteiger partial charge in [0, 0.05) is 31.6 Å². The molecule has 3 aromatic rings. The summed E-state index contributed by atoms with van der Waals surface area (Å²) in [5.41, 5.74) is -1.29. The molecule has 1 spiro atoms. The minimum atomic E-state index is -3.95. The van der Waals surface area contributed by atoms with Crippen LogP contribution in [0.3, 0.4) is 0 Å². The zero-order valence-electron chi connectivity index (χ0n) is 16.8. The van der Waals surface area contributed by atoms with Gasteiger partial charge in [-0.1, -0.05) is 18.2 Å². The van der Waals surface area contributed by atoms with Crippen LogP contribution in [-0.4, -0.2) is 60.8 Å². The summed E-state index contributed by atoms with van der Waals surface area (Å²) in [6.45, 7) is 0.196. The van der Waals surface area contributed by atoms with E-state index in [2.05, 4.69) is 9.97 Å². The Bertz CT molecular complexity index is 1280. The second-order valence-corrected chi connectivity index (χ2v) is 9.59. The number of anilines is 1. The van der Waals surface area contributed by atoms with Gasteiger partial charge in [0.1, 0.15) is 5.82 Å². The molecule has 0 N–H and O–H groups in total. The van der Waals surface area contributed by atoms with Crippen molar-refractivity contribution in [3.63, 3.8) is 0 Å². The van der Waals surface area contributed by atoms with Crippen LogP contribution in [0.25, 0.3) is 11.0 Å². The minimum absolute atomic E-state index is 0.0538. The Kier molecular flexibility index (Phi) is 5.06. The molecule has 0 saturated carbocycles. The highest BCUT2D eigenvalue weighted by Gasteiger charge is 2.57. The fraction of sp³-hybridized carbons (Fsp3) is 0.333. The van der Waals surface area contributed by atoms with Crippen molar-refractivity contribution < 1.29 is 26.3 Å². The molecule has 0 amide bonds. The Labute approximate surface area is 182 Å². The van der Waals surface area contributed by atoms with Crippen molar-refractivity contribution in [1.29, 1.82) is 0 Å². The van der Waals surface area contributed by atoms with E-state index in [1.54, 1.807) is 23.1 Å². The number of hydrogen-bond acceptors (Lipinski definition) is 6. The largest absolute Gasteiger partial charge is 0.355 e. The molecule has 1 aromatic heterocycles. The van der Waals surface area contributed by atoms with Gasteiger partial charge >= 0.3 is 0 Å². The Morgan fingerprint density at radius 2 is 1.78 bits per heavy atom. The number of benzene rings is 2. The molecule has 5 rings (SSSR count). The molecule has 0 radical (unpaired) electrons. The van der Waals surface area contributed by atoms with E-state index < -0.39 is 33.6 Å². The first-order valence-corrected chi connectivity index (χ1v) is 11.5. The fourth-order valence-corrected chi connectivity index (χ4v) is 6.03. The number of alkyl halides is 1. The Hall–Kier alpha value is -2.76. The molecule has 7 nitrogen and oxygen atoms in total. The molecule has 2 atom stereocenters. The van der Waals surface area contributed by atoms with Crippen LogP contribution >= 0.6 is 0 Å². The van der Waals surface area contributed by atoms with Crippen molar-refractivity contribution >= 4 is 26.9 Å². The molecule has 3 heterocycles. The van der Waals surface area contributed by atoms with Gasteiger partial charge in [0.25, 0.3) is 0 Å². The number of fused-ring (bicyclic) bond motifs is 1. The first-order valence-electron chi connectivity index (χ1n) is 10.0. The predicted molar refractivity (Wildman–Crippen MR) is 110 cm³/mol. The van der Waals surface area contributed by atoms with Crippen LogP contribution in [0.1, 0.15) is 6.42 Å². The van der Waals surface area contributed by atoms with Gasteiger partial charge < -0.3 is 9.64 Å². The van der Waals surface area contributed by atoms with E-state index >= 15 is 4.39 Å². The van der Waals surface area contributed by atoms with Crippen LogP contribution in [0, 0.1) is 11.6 Å². The number of sulfonamides is 1. The van der Waals surface area contributed by atoms with Gasteiger partial charge in [0.15, 0.2) is 23.5 Å². The molecular weight excluding hydrogens is 445 g/mol. The maximum absolute atomic E-state index is 15.6. The smallest absolute Gasteiger partial charge is 0.245 e. The minimum Gasteiger partial charge on any atom is -0.355 e. The average molecular weight is 464 g/mol. The van der Waals surface area contributed by atoms with Gasteiger partial charge in [0.2, 0.25) is 10.0 Å². The third kappa shape index (κ3) is 3.31. The molecule has 2 saturated heterocycles. The van der Waals surface area contributed by atoms with Crippen molar-refractivity contribution in [3.8, 4) is 0 Å². The summed E-state index contributed by atoms with van der Waals surface area (Å²) >= 11 is 0. The van der Waals surface area contributed by atoms with Crippen molar-refractivity contribution in [2.45, 2.75) is 23.2 Å². The number of hydrogen-bond donors (Lipinski definition) is 0. The lowest BCUT2D eigenvalue weighted by molar-refractivity contribution is -0.116. The highest BCUT2D eigenvalue weighted by atomic mass is 32.2. The highest BCUT2D eigenvalue weighted by molar-refractivity contribution is 7.89. The summed E-state index contributed by atoms with van der Waals surface area (Å²) in [5, 5.41) is 0. The first kappa shape index (κ1) is 21.1. The van der Waals surface area contributed by atoms with E-state index in [1.165, 1.54) is 18.3 Å². The van der Waals surface area contributed by atoms with E-state index in [1.807, 2.05) is 0 Å². The van der Waals surface area contributed by atoms with Crippen LogP contribution in [-0.2, 0) is 14.8 Å². The SMILES string of the molecule is O=S(=O)(c1ccccc1)N1CCO[C@]12CCN(c1cnc3cc(F)c(F)cc3n1)CC2F. The van der Waals surface area contributed by atoms with E-state index in [-0.39, 0.29) is 54.4 Å². The normalized spacial score (nSPS) is 24.5. The van der Waals surface area contributed by atoms with Crippen LogP contribution in [0.15, 0.2) is 53.6 Å². The lowest BCUT2D eigenvalue weighted by atomic mass is 9.98. The van der Waals surface area contributed by atoms with E-state index in [0.717, 1.165) is 16.4 Å². The zero-order chi connectivity index (χ0) is 22.5. The summed E-state index contributed by atoms with van der Waals surface area (Å²) in [7, 11) is -3.95. The van der Waals surface area contributed by atoms with Gasteiger partial charge in [-0.2, -0.15) is 4.31 Å². The third-order valence-electron chi connectivity index (χ3n) is 5.91. The van der Waals surface area contributed by atoms with E-state index in [9.17, 15) is 17.2 Å². The average Bonchev–Trinajstić information content (AvgIpc) is 3.22. The topological polar surface area (TPSA) is 75.6 Å². The summed E-state index contributed by atoms with van der Waals surface area (Å²) in [5.74, 6) is -1.79. The molecular formula is C21H19F3N4O3S. The number of nitrogens with zero attached hydrogens (tertiary/aromatic N) is 4. The number of ether oxygens (including phenoxy) is 1. The van der Waals surface area contributed by atoms with Crippen molar-refractivity contribution in [3.05, 3.63) is 60.3 Å². The number of piperidine rings is 1. The van der Waals surface area contributed by atoms with E-state index in [0.29, 0.717) is 0 Å². The van der Waals surface area contributed by atoms with E-state index in [4.69, 9.17) is 4.74 Å². The molecule has 32 heavy (non-hydrogen) atoms. The van der Waals surface area contributed by atoms with Crippen LogP contribution in [0.4, 0.5) is 19.0 Å². The van der Waals surface area contributed by atoms with Gasteiger partial charge in [-0.05, 0) is 12.1 Å². The van der Waals surface area contributed by atoms with Crippen molar-refractivity contribution in [1.82, 2.24) is 14.3 Å². The first-order chi connectivity index (χ1) is 15.3. The molecule has 2 fully saturated rings. The maximum atomic E-state index is 15.6. The van der Waals surface area contributed by atoms with Crippen molar-refractivity contribution in [2.24, 2.45) is 0 Å². The van der Waals surface area contributed by atoms with Gasteiger partial charge in [-0.25, -0.2) is 26.6 Å². The van der Waals surface area contributed by atoms with Gasteiger partial charge in [-0.3, -0.25) is 4.98 Å². The predicted octanol–water partition coefficient (Wildman–Crippen LogP) is 2.87. The quantitative estimate of drug-likeness (QED) is 0.594. The Morgan fingerprint density at radius 1 is 1.06 bits per heavy atom. The standard InChI is InChI=1S/C21H19F3N4O3S/c22-15-10-17-18(11-16(15)23)26-20(12-25-17)27-7-6-21(19(24)13-27)28(8-9-31-21)32(29,30)14-4-2-1-3-5-14/h1-5,10-12,19H,6-9,13H2/t19?,21-/m0/s1. The van der Waals surface area contributed by atoms with Crippen LogP contribution < -0.4 is 4.90 Å². The second-order valence-electron chi connectivity index (χ2n) is 7.73. The van der Waals surface area contributed by atoms with Crippen LogP contribution in [0.2, 0.25) is 0 Å². The summed E-state index contributed by atoms with van der Waals surface area (Å²) in [4.78, 5) is 10.1. The van der Waals surface area contributed by atoms with Gasteiger partial charge in [0.05, 0.1) is 35.3 Å². The molecule has 2 aromatic carbocycles. The maximum Gasteiger partial charge on any atom is 0.245 e. The second kappa shape index (κ2) is 7.68. The summed E-state index contributed by atoms with van der Waals surface area (Å²) in [6.07, 6.45) is -0.240. The molecule has 0 aliphatic carbocycles. The van der Waals surface area contributed by atoms with Crippen molar-refractivity contribution in [2.75, 3.05) is 31.1 Å². The molecule has 1 unspecified atom stereocenters. The number of aromatic nitrogens is 2.